The minimum atomic E-state index is -3.62. The number of hydrogen-bond donors (Lipinski definition) is 0. The van der Waals surface area contributed by atoms with Crippen molar-refractivity contribution in [2.75, 3.05) is 7.11 Å². The van der Waals surface area contributed by atoms with Crippen LogP contribution in [0.5, 0.6) is 5.75 Å². The van der Waals surface area contributed by atoms with Gasteiger partial charge >= 0.3 is 0 Å². The standard InChI is InChI=1S/C17H17NO3S/c1-3-13-12-18(17-7-5-4-6-16(13)17)22(19,20)15-10-8-14(21-2)9-11-15/h4-12H,3H2,1-2H3. The number of fused-ring (bicyclic) bond motifs is 1. The summed E-state index contributed by atoms with van der Waals surface area (Å²) >= 11 is 0. The van der Waals surface area contributed by atoms with E-state index in [1.807, 2.05) is 31.2 Å². The molecule has 0 spiro atoms. The number of nitrogens with zero attached hydrogens (tertiary/aromatic N) is 1. The Labute approximate surface area is 130 Å². The van der Waals surface area contributed by atoms with Crippen LogP contribution in [0.25, 0.3) is 10.9 Å². The normalized spacial score (nSPS) is 11.7. The average molecular weight is 315 g/mol. The van der Waals surface area contributed by atoms with Gasteiger partial charge in [0.2, 0.25) is 0 Å². The minimum Gasteiger partial charge on any atom is -0.497 e. The van der Waals surface area contributed by atoms with Gasteiger partial charge in [-0.25, -0.2) is 12.4 Å². The summed E-state index contributed by atoms with van der Waals surface area (Å²) in [6.07, 6.45) is 2.50. The number of aromatic nitrogens is 1. The maximum absolute atomic E-state index is 12.9. The highest BCUT2D eigenvalue weighted by molar-refractivity contribution is 7.90. The van der Waals surface area contributed by atoms with E-state index in [2.05, 4.69) is 0 Å². The summed E-state index contributed by atoms with van der Waals surface area (Å²) in [5.41, 5.74) is 1.72. The second-order valence-electron chi connectivity index (χ2n) is 5.00. The fraction of sp³-hybridized carbons (Fsp3) is 0.176. The summed E-state index contributed by atoms with van der Waals surface area (Å²) in [5, 5.41) is 0.974. The number of aryl methyl sites for hydroxylation is 1. The van der Waals surface area contributed by atoms with Crippen molar-refractivity contribution < 1.29 is 13.2 Å². The number of para-hydroxylation sites is 1. The molecule has 0 aliphatic heterocycles. The summed E-state index contributed by atoms with van der Waals surface area (Å²) in [6.45, 7) is 2.02. The van der Waals surface area contributed by atoms with Crippen LogP contribution in [0.15, 0.2) is 59.6 Å². The lowest BCUT2D eigenvalue weighted by Gasteiger charge is -2.08. The Kier molecular flexibility index (Phi) is 3.66. The minimum absolute atomic E-state index is 0.247. The van der Waals surface area contributed by atoms with E-state index in [9.17, 15) is 8.42 Å². The molecule has 0 N–H and O–H groups in total. The van der Waals surface area contributed by atoms with E-state index in [-0.39, 0.29) is 4.90 Å². The molecule has 0 aliphatic rings. The first-order valence-electron chi connectivity index (χ1n) is 7.06. The second-order valence-corrected chi connectivity index (χ2v) is 6.82. The molecule has 0 amide bonds. The number of rotatable bonds is 4. The molecule has 5 heteroatoms. The predicted octanol–water partition coefficient (Wildman–Crippen LogP) is 3.45. The second kappa shape index (κ2) is 5.50. The molecule has 4 nitrogen and oxygen atoms in total. The Morgan fingerprint density at radius 3 is 2.36 bits per heavy atom. The molecule has 0 radical (unpaired) electrons. The van der Waals surface area contributed by atoms with Gasteiger partial charge in [0.15, 0.2) is 0 Å². The fourth-order valence-electron chi connectivity index (χ4n) is 2.56. The monoisotopic (exact) mass is 315 g/mol. The zero-order valence-corrected chi connectivity index (χ0v) is 13.3. The van der Waals surface area contributed by atoms with E-state index in [1.165, 1.54) is 3.97 Å². The zero-order valence-electron chi connectivity index (χ0n) is 12.5. The summed E-state index contributed by atoms with van der Waals surface area (Å²) in [6, 6.07) is 14.0. The molecular formula is C17H17NO3S. The highest BCUT2D eigenvalue weighted by atomic mass is 32.2. The Balaban J connectivity index is 2.20. The van der Waals surface area contributed by atoms with Gasteiger partial charge in [0, 0.05) is 11.6 Å². The molecule has 0 saturated heterocycles. The molecule has 22 heavy (non-hydrogen) atoms. The van der Waals surface area contributed by atoms with Gasteiger partial charge in [0.25, 0.3) is 10.0 Å². The molecule has 0 saturated carbocycles. The van der Waals surface area contributed by atoms with E-state index >= 15 is 0 Å². The van der Waals surface area contributed by atoms with Crippen molar-refractivity contribution in [3.8, 4) is 5.75 Å². The van der Waals surface area contributed by atoms with Crippen LogP contribution < -0.4 is 4.74 Å². The van der Waals surface area contributed by atoms with Crippen molar-refractivity contribution in [2.45, 2.75) is 18.2 Å². The molecule has 0 atom stereocenters. The van der Waals surface area contributed by atoms with Crippen LogP contribution >= 0.6 is 0 Å². The lowest BCUT2D eigenvalue weighted by Crippen LogP contribution is -2.11. The Morgan fingerprint density at radius 2 is 1.73 bits per heavy atom. The first-order chi connectivity index (χ1) is 10.6. The summed E-state index contributed by atoms with van der Waals surface area (Å²) in [4.78, 5) is 0.247. The molecule has 0 aliphatic carbocycles. The first kappa shape index (κ1) is 14.7. The van der Waals surface area contributed by atoms with Crippen LogP contribution in [0.3, 0.4) is 0 Å². The number of ether oxygens (including phenoxy) is 1. The predicted molar refractivity (Wildman–Crippen MR) is 86.9 cm³/mol. The smallest absolute Gasteiger partial charge is 0.268 e. The third-order valence-electron chi connectivity index (χ3n) is 3.76. The molecule has 2 aromatic carbocycles. The molecule has 0 bridgehead atoms. The van der Waals surface area contributed by atoms with Gasteiger partial charge in [0.1, 0.15) is 5.75 Å². The maximum atomic E-state index is 12.9. The van der Waals surface area contributed by atoms with Gasteiger partial charge < -0.3 is 4.74 Å². The topological polar surface area (TPSA) is 48.3 Å². The van der Waals surface area contributed by atoms with Crippen molar-refractivity contribution >= 4 is 20.9 Å². The quantitative estimate of drug-likeness (QED) is 0.741. The summed E-state index contributed by atoms with van der Waals surface area (Å²) < 4.78 is 32.2. The van der Waals surface area contributed by atoms with Crippen LogP contribution in [-0.2, 0) is 16.4 Å². The summed E-state index contributed by atoms with van der Waals surface area (Å²) in [7, 11) is -2.07. The van der Waals surface area contributed by atoms with Crippen LogP contribution in [0.1, 0.15) is 12.5 Å². The van der Waals surface area contributed by atoms with Crippen molar-refractivity contribution in [1.82, 2.24) is 3.97 Å². The molecule has 0 fully saturated rings. The van der Waals surface area contributed by atoms with Gasteiger partial charge in [-0.15, -0.1) is 0 Å². The number of methoxy groups -OCH3 is 1. The molecule has 0 unspecified atom stereocenters. The van der Waals surface area contributed by atoms with Crippen LogP contribution in [0.4, 0.5) is 0 Å². The maximum Gasteiger partial charge on any atom is 0.268 e. The van der Waals surface area contributed by atoms with E-state index in [4.69, 9.17) is 4.74 Å². The summed E-state index contributed by atoms with van der Waals surface area (Å²) in [5.74, 6) is 0.630. The lowest BCUT2D eigenvalue weighted by atomic mass is 10.1. The average Bonchev–Trinajstić information content (AvgIpc) is 2.94. The fourth-order valence-corrected chi connectivity index (χ4v) is 3.95. The van der Waals surface area contributed by atoms with Crippen LogP contribution in [0, 0.1) is 0 Å². The highest BCUT2D eigenvalue weighted by Gasteiger charge is 2.20. The van der Waals surface area contributed by atoms with E-state index < -0.39 is 10.0 Å². The van der Waals surface area contributed by atoms with E-state index in [1.54, 1.807) is 37.6 Å². The first-order valence-corrected chi connectivity index (χ1v) is 8.50. The SMILES string of the molecule is CCc1cn(S(=O)(=O)c2ccc(OC)cc2)c2ccccc12. The van der Waals surface area contributed by atoms with Gasteiger partial charge in [-0.2, -0.15) is 0 Å². The zero-order chi connectivity index (χ0) is 15.7. The molecule has 3 rings (SSSR count). The van der Waals surface area contributed by atoms with Crippen molar-refractivity contribution in [2.24, 2.45) is 0 Å². The third kappa shape index (κ3) is 2.27. The molecule has 1 heterocycles. The Bertz CT molecular complexity index is 909. The largest absolute Gasteiger partial charge is 0.497 e. The van der Waals surface area contributed by atoms with E-state index in [0.29, 0.717) is 11.3 Å². The van der Waals surface area contributed by atoms with Crippen molar-refractivity contribution in [1.29, 1.82) is 0 Å². The lowest BCUT2D eigenvalue weighted by molar-refractivity contribution is 0.414. The van der Waals surface area contributed by atoms with Crippen molar-refractivity contribution in [3.05, 3.63) is 60.3 Å². The Morgan fingerprint density at radius 1 is 1.05 bits per heavy atom. The van der Waals surface area contributed by atoms with Gasteiger partial charge in [-0.3, -0.25) is 0 Å². The van der Waals surface area contributed by atoms with Crippen molar-refractivity contribution in [3.63, 3.8) is 0 Å². The van der Waals surface area contributed by atoms with E-state index in [0.717, 1.165) is 17.4 Å². The molecule has 3 aromatic rings. The molecule has 1 aromatic heterocycles. The number of benzene rings is 2. The van der Waals surface area contributed by atoms with Gasteiger partial charge in [-0.05, 0) is 42.3 Å². The number of hydrogen-bond acceptors (Lipinski definition) is 3. The van der Waals surface area contributed by atoms with Crippen LogP contribution in [0.2, 0.25) is 0 Å². The third-order valence-corrected chi connectivity index (χ3v) is 5.45. The molecular weight excluding hydrogens is 298 g/mol. The Hall–Kier alpha value is -2.27. The molecule has 114 valence electrons. The van der Waals surface area contributed by atoms with Gasteiger partial charge in [-0.1, -0.05) is 25.1 Å². The van der Waals surface area contributed by atoms with Gasteiger partial charge in [0.05, 0.1) is 17.5 Å². The van der Waals surface area contributed by atoms with Crippen LogP contribution in [-0.4, -0.2) is 19.5 Å². The highest BCUT2D eigenvalue weighted by Crippen LogP contribution is 2.27.